The Hall–Kier alpha value is -0.940. The van der Waals surface area contributed by atoms with Gasteiger partial charge in [-0.1, -0.05) is 32.9 Å². The van der Waals surface area contributed by atoms with Crippen LogP contribution in [0, 0.1) is 11.3 Å². The van der Waals surface area contributed by atoms with Gasteiger partial charge in [0.05, 0.1) is 18.1 Å². The van der Waals surface area contributed by atoms with Gasteiger partial charge in [0.2, 0.25) is 5.91 Å². The van der Waals surface area contributed by atoms with Crippen LogP contribution in [0.15, 0.2) is 12.2 Å². The lowest BCUT2D eigenvalue weighted by Gasteiger charge is -2.42. The maximum Gasteiger partial charge on any atom is 0.267 e. The number of carbonyl (C=O) groups is 1. The third-order valence-electron chi connectivity index (χ3n) is 6.09. The molecule has 1 aliphatic heterocycles. The minimum absolute atomic E-state index is 0.0120. The molecule has 3 fully saturated rings. The summed E-state index contributed by atoms with van der Waals surface area (Å²) in [6.45, 7) is 6.46. The van der Waals surface area contributed by atoms with Gasteiger partial charge in [-0.3, -0.25) is 9.69 Å². The van der Waals surface area contributed by atoms with Crippen molar-refractivity contribution in [2.75, 3.05) is 0 Å². The summed E-state index contributed by atoms with van der Waals surface area (Å²) in [5, 5.41) is 10.3. The van der Waals surface area contributed by atoms with Crippen LogP contribution in [0.5, 0.6) is 0 Å². The molecule has 4 nitrogen and oxygen atoms in total. The quantitative estimate of drug-likeness (QED) is 0.638. The van der Waals surface area contributed by atoms with Crippen molar-refractivity contribution in [1.82, 2.24) is 4.90 Å². The number of carbonyl (C=O) groups excluding carboxylic acids is 1. The van der Waals surface area contributed by atoms with Crippen LogP contribution in [0.4, 0.5) is 0 Å². The molecular weight excluding hydrogens is 298 g/mol. The maximum absolute atomic E-state index is 12.8. The van der Waals surface area contributed by atoms with Crippen molar-refractivity contribution in [1.29, 1.82) is 0 Å². The second kappa shape index (κ2) is 5.31. The number of allylic oxidation sites excluding steroid dienone is 1. The summed E-state index contributed by atoms with van der Waals surface area (Å²) < 4.78 is 5.88. The van der Waals surface area contributed by atoms with Crippen LogP contribution >= 0.6 is 12.2 Å². The molecule has 0 radical (unpaired) electrons. The van der Waals surface area contributed by atoms with E-state index < -0.39 is 6.10 Å². The third-order valence-corrected chi connectivity index (χ3v) is 6.37. The number of aliphatic hydroxyl groups excluding tert-OH is 1. The number of rotatable bonds is 4. The first-order valence-corrected chi connectivity index (χ1v) is 8.63. The Balaban J connectivity index is 1.85. The molecule has 3 aliphatic rings. The van der Waals surface area contributed by atoms with Crippen molar-refractivity contribution in [3.63, 3.8) is 0 Å². The lowest BCUT2D eigenvalue weighted by Crippen LogP contribution is -2.57. The van der Waals surface area contributed by atoms with Crippen molar-refractivity contribution in [3.05, 3.63) is 12.2 Å². The largest absolute Gasteiger partial charge is 0.465 e. The van der Waals surface area contributed by atoms with Gasteiger partial charge in [0.1, 0.15) is 6.10 Å². The third kappa shape index (κ3) is 1.98. The molecule has 3 rings (SSSR count). The summed E-state index contributed by atoms with van der Waals surface area (Å²) >= 11 is 5.35. The van der Waals surface area contributed by atoms with Gasteiger partial charge in [-0.25, -0.2) is 0 Å². The zero-order valence-electron chi connectivity index (χ0n) is 13.5. The predicted octanol–water partition coefficient (Wildman–Crippen LogP) is 2.79. The van der Waals surface area contributed by atoms with E-state index in [2.05, 4.69) is 13.8 Å². The zero-order valence-corrected chi connectivity index (χ0v) is 14.4. The number of aliphatic hydroxyl groups is 1. The molecule has 1 N–H and O–H groups in total. The topological polar surface area (TPSA) is 49.8 Å². The van der Waals surface area contributed by atoms with E-state index in [0.717, 1.165) is 25.7 Å². The van der Waals surface area contributed by atoms with Crippen molar-refractivity contribution in [2.24, 2.45) is 11.3 Å². The number of nitrogens with zero attached hydrogens (tertiary/aromatic N) is 1. The fraction of sp³-hybridized carbons (Fsp3) is 0.765. The summed E-state index contributed by atoms with van der Waals surface area (Å²) in [5.74, 6) is 0.470. The van der Waals surface area contributed by atoms with Crippen molar-refractivity contribution < 1.29 is 14.6 Å². The molecule has 22 heavy (non-hydrogen) atoms. The summed E-state index contributed by atoms with van der Waals surface area (Å²) in [4.78, 5) is 14.5. The molecule has 1 saturated heterocycles. The fourth-order valence-corrected chi connectivity index (χ4v) is 5.24. The number of fused-ring (bicyclic) bond motifs is 1. The van der Waals surface area contributed by atoms with E-state index in [1.807, 2.05) is 13.0 Å². The van der Waals surface area contributed by atoms with Gasteiger partial charge in [0.25, 0.3) is 5.17 Å². The summed E-state index contributed by atoms with van der Waals surface area (Å²) in [7, 11) is 0. The SMILES string of the molecule is CC/C=C/[C@H](O)CC(=O)N1C(=S)O[C@@H]2C[C@H]3CC[C@]21C3(C)C. The first-order valence-electron chi connectivity index (χ1n) is 8.23. The molecule has 1 amide bonds. The van der Waals surface area contributed by atoms with Crippen LogP contribution in [0.25, 0.3) is 0 Å². The van der Waals surface area contributed by atoms with Crippen LogP contribution in [0.2, 0.25) is 0 Å². The number of ether oxygens (including phenoxy) is 1. The highest BCUT2D eigenvalue weighted by Gasteiger charge is 2.72. The molecule has 2 bridgehead atoms. The first kappa shape index (κ1) is 15.9. The Bertz CT molecular complexity index is 530. The van der Waals surface area contributed by atoms with E-state index in [0.29, 0.717) is 11.1 Å². The molecule has 4 atom stereocenters. The molecule has 0 unspecified atom stereocenters. The van der Waals surface area contributed by atoms with E-state index in [1.54, 1.807) is 11.0 Å². The summed E-state index contributed by atoms with van der Waals surface area (Å²) in [6.07, 6.45) is 6.79. The molecule has 2 aliphatic carbocycles. The minimum atomic E-state index is -0.757. The van der Waals surface area contributed by atoms with E-state index >= 15 is 0 Å². The Morgan fingerprint density at radius 1 is 1.59 bits per heavy atom. The van der Waals surface area contributed by atoms with Crippen LogP contribution in [0.1, 0.15) is 52.9 Å². The zero-order chi connectivity index (χ0) is 16.1. The highest BCUT2D eigenvalue weighted by atomic mass is 32.1. The van der Waals surface area contributed by atoms with E-state index in [1.165, 1.54) is 0 Å². The van der Waals surface area contributed by atoms with Gasteiger partial charge >= 0.3 is 0 Å². The Morgan fingerprint density at radius 2 is 2.32 bits per heavy atom. The lowest BCUT2D eigenvalue weighted by molar-refractivity contribution is -0.135. The molecule has 1 spiro atoms. The molecule has 0 aromatic heterocycles. The smallest absolute Gasteiger partial charge is 0.267 e. The van der Waals surface area contributed by atoms with Gasteiger partial charge < -0.3 is 9.84 Å². The Labute approximate surface area is 137 Å². The standard InChI is InChI=1S/C17H25NO3S/c1-4-5-6-12(19)10-14(20)18-15(22)21-13-9-11-7-8-17(13,18)16(11,2)3/h5-6,11-13,19H,4,7-10H2,1-3H3/b6-5+/t11-,12+,13-,17-/m1/s1. The van der Waals surface area contributed by atoms with Crippen molar-refractivity contribution in [2.45, 2.75) is 70.6 Å². The monoisotopic (exact) mass is 323 g/mol. The number of amides is 1. The molecular formula is C17H25NO3S. The van der Waals surface area contributed by atoms with E-state index in [4.69, 9.17) is 17.0 Å². The average molecular weight is 323 g/mol. The van der Waals surface area contributed by atoms with Crippen LogP contribution in [0.3, 0.4) is 0 Å². The Kier molecular flexibility index (Phi) is 3.84. The van der Waals surface area contributed by atoms with Crippen LogP contribution in [-0.2, 0) is 9.53 Å². The van der Waals surface area contributed by atoms with Crippen LogP contribution in [-0.4, -0.2) is 38.8 Å². The summed E-state index contributed by atoms with van der Waals surface area (Å²) in [5.41, 5.74) is -0.294. The van der Waals surface area contributed by atoms with E-state index in [-0.39, 0.29) is 29.4 Å². The molecule has 0 aromatic carbocycles. The maximum atomic E-state index is 12.8. The number of thiocarbonyl (C=S) groups is 1. The van der Waals surface area contributed by atoms with Crippen LogP contribution < -0.4 is 0 Å². The molecule has 0 aromatic rings. The van der Waals surface area contributed by atoms with Gasteiger partial charge in [-0.2, -0.15) is 0 Å². The summed E-state index contributed by atoms with van der Waals surface area (Å²) in [6, 6.07) is 0. The second-order valence-electron chi connectivity index (χ2n) is 7.33. The van der Waals surface area contributed by atoms with Gasteiger partial charge in [0, 0.05) is 0 Å². The lowest BCUT2D eigenvalue weighted by atomic mass is 9.74. The highest BCUT2D eigenvalue weighted by molar-refractivity contribution is 7.80. The average Bonchev–Trinajstić information content (AvgIpc) is 2.96. The predicted molar refractivity (Wildman–Crippen MR) is 88.2 cm³/mol. The van der Waals surface area contributed by atoms with Gasteiger partial charge in [-0.15, -0.1) is 0 Å². The van der Waals surface area contributed by atoms with Crippen molar-refractivity contribution >= 4 is 23.3 Å². The normalized spacial score (nSPS) is 36.7. The second-order valence-corrected chi connectivity index (χ2v) is 7.68. The van der Waals surface area contributed by atoms with Gasteiger partial charge in [0.15, 0.2) is 0 Å². The molecule has 5 heteroatoms. The molecule has 122 valence electrons. The van der Waals surface area contributed by atoms with E-state index in [9.17, 15) is 9.90 Å². The Morgan fingerprint density at radius 3 is 2.95 bits per heavy atom. The number of hydrogen-bond acceptors (Lipinski definition) is 4. The van der Waals surface area contributed by atoms with Gasteiger partial charge in [-0.05, 0) is 49.2 Å². The highest BCUT2D eigenvalue weighted by Crippen LogP contribution is 2.65. The molecule has 2 saturated carbocycles. The first-order chi connectivity index (χ1) is 10.3. The minimum Gasteiger partial charge on any atom is -0.465 e. The van der Waals surface area contributed by atoms with Crippen molar-refractivity contribution in [3.8, 4) is 0 Å². The fourth-order valence-electron chi connectivity index (χ4n) is 4.86. The number of hydrogen-bond donors (Lipinski definition) is 1. The molecule has 1 heterocycles.